The molecular weight excluding hydrogens is 438 g/mol. The largest absolute Gasteiger partial charge is 0.423 e. The maximum atomic E-state index is 6.31. The number of para-hydroxylation sites is 2. The molecule has 6 heteroatoms. The van der Waals surface area contributed by atoms with Gasteiger partial charge in [-0.1, -0.05) is 80.2 Å². The van der Waals surface area contributed by atoms with Crippen molar-refractivity contribution in [2.45, 2.75) is 75.9 Å². The maximum absolute atomic E-state index is 6.31. The minimum atomic E-state index is -0.284. The highest BCUT2D eigenvalue weighted by atomic mass is 35.5. The van der Waals surface area contributed by atoms with Gasteiger partial charge in [0.15, 0.2) is 5.58 Å². The van der Waals surface area contributed by atoms with Crippen LogP contribution in [0.2, 0.25) is 5.02 Å². The lowest BCUT2D eigenvalue weighted by atomic mass is 9.91. The second-order valence-corrected chi connectivity index (χ2v) is 10.1. The molecule has 5 rings (SSSR count). The fourth-order valence-corrected chi connectivity index (χ4v) is 5.90. The van der Waals surface area contributed by atoms with Crippen LogP contribution in [0.15, 0.2) is 52.9 Å². The van der Waals surface area contributed by atoms with Gasteiger partial charge in [0.1, 0.15) is 10.5 Å². The molecule has 4 nitrogen and oxygen atoms in total. The van der Waals surface area contributed by atoms with E-state index in [0.717, 1.165) is 46.8 Å². The molecule has 0 atom stereocenters. The molecule has 2 aliphatic carbocycles. The summed E-state index contributed by atoms with van der Waals surface area (Å²) in [6.45, 7) is 0.677. The third-order valence-corrected chi connectivity index (χ3v) is 7.83. The van der Waals surface area contributed by atoms with Gasteiger partial charge in [-0.2, -0.15) is 4.98 Å². The first-order valence-corrected chi connectivity index (χ1v) is 12.6. The van der Waals surface area contributed by atoms with E-state index in [1.54, 1.807) is 0 Å². The number of hydrogen-bond acceptors (Lipinski definition) is 4. The predicted molar refractivity (Wildman–Crippen MR) is 135 cm³/mol. The second kappa shape index (κ2) is 9.40. The van der Waals surface area contributed by atoms with E-state index in [2.05, 4.69) is 22.3 Å². The van der Waals surface area contributed by atoms with Gasteiger partial charge in [0.2, 0.25) is 0 Å². The Bertz CT molecular complexity index is 1040. The Balaban J connectivity index is 1.52. The highest BCUT2D eigenvalue weighted by molar-refractivity contribution is 7.80. The van der Waals surface area contributed by atoms with Crippen LogP contribution in [0.5, 0.6) is 0 Å². The van der Waals surface area contributed by atoms with Crippen LogP contribution in [-0.4, -0.2) is 21.6 Å². The van der Waals surface area contributed by atoms with E-state index < -0.39 is 0 Å². The Labute approximate surface area is 200 Å². The van der Waals surface area contributed by atoms with Crippen LogP contribution in [-0.2, 0) is 6.54 Å². The number of rotatable bonds is 6. The molecular formula is C26H30ClN3OS. The molecule has 1 heterocycles. The van der Waals surface area contributed by atoms with Gasteiger partial charge < -0.3 is 14.6 Å². The third kappa shape index (κ3) is 4.38. The second-order valence-electron chi connectivity index (χ2n) is 9.22. The number of anilines is 1. The molecule has 0 amide bonds. The number of fused-ring (bicyclic) bond motifs is 1. The molecule has 0 saturated heterocycles. The quantitative estimate of drug-likeness (QED) is 0.393. The first-order chi connectivity index (χ1) is 15.6. The number of oxazole rings is 1. The van der Waals surface area contributed by atoms with E-state index in [4.69, 9.17) is 33.2 Å². The lowest BCUT2D eigenvalue weighted by Crippen LogP contribution is -2.58. The summed E-state index contributed by atoms with van der Waals surface area (Å²) in [5.41, 5.74) is 2.57. The smallest absolute Gasteiger partial charge is 0.299 e. The summed E-state index contributed by atoms with van der Waals surface area (Å²) in [5, 5.41) is 4.52. The first-order valence-electron chi connectivity index (χ1n) is 11.8. The van der Waals surface area contributed by atoms with Gasteiger partial charge in [-0.3, -0.25) is 0 Å². The molecule has 2 fully saturated rings. The number of nitrogens with zero attached hydrogens (tertiary/aromatic N) is 2. The van der Waals surface area contributed by atoms with Gasteiger partial charge in [-0.25, -0.2) is 0 Å². The van der Waals surface area contributed by atoms with Crippen molar-refractivity contribution in [1.29, 1.82) is 0 Å². The van der Waals surface area contributed by atoms with Crippen LogP contribution in [0.25, 0.3) is 11.1 Å². The molecule has 1 N–H and O–H groups in total. The van der Waals surface area contributed by atoms with Crippen LogP contribution in [0.1, 0.15) is 63.4 Å². The van der Waals surface area contributed by atoms with E-state index in [9.17, 15) is 0 Å². The molecule has 32 heavy (non-hydrogen) atoms. The zero-order chi connectivity index (χ0) is 22.0. The number of halogens is 1. The van der Waals surface area contributed by atoms with Crippen molar-refractivity contribution in [2.75, 3.05) is 4.90 Å². The van der Waals surface area contributed by atoms with Gasteiger partial charge in [0.25, 0.3) is 6.01 Å². The first kappa shape index (κ1) is 21.7. The summed E-state index contributed by atoms with van der Waals surface area (Å²) in [4.78, 5) is 8.17. The summed E-state index contributed by atoms with van der Waals surface area (Å²) in [7, 11) is 0. The Hall–Kier alpha value is -2.11. The van der Waals surface area contributed by atoms with Crippen molar-refractivity contribution in [3.8, 4) is 0 Å². The van der Waals surface area contributed by atoms with Crippen molar-refractivity contribution in [1.82, 2.24) is 10.3 Å². The van der Waals surface area contributed by atoms with Gasteiger partial charge in [-0.05, 0) is 55.5 Å². The standard InChI is InChI=1S/C26H30ClN3OS/c27-20-14-12-19(13-15-20)18-30(25-29-22-10-4-5-11-23(22)31-25)26(16-6-7-17-26)24(32)28-21-8-2-1-3-9-21/h4-5,10-15,21H,1-3,6-9,16-18H2,(H,28,32). The summed E-state index contributed by atoms with van der Waals surface area (Å²) < 4.78 is 6.31. The highest BCUT2D eigenvalue weighted by Gasteiger charge is 2.46. The van der Waals surface area contributed by atoms with Crippen LogP contribution in [0.3, 0.4) is 0 Å². The van der Waals surface area contributed by atoms with Crippen molar-refractivity contribution in [3.63, 3.8) is 0 Å². The van der Waals surface area contributed by atoms with E-state index in [0.29, 0.717) is 18.6 Å². The fraction of sp³-hybridized carbons (Fsp3) is 0.462. The Morgan fingerprint density at radius 2 is 1.75 bits per heavy atom. The molecule has 0 bridgehead atoms. The Morgan fingerprint density at radius 1 is 1.03 bits per heavy atom. The maximum Gasteiger partial charge on any atom is 0.299 e. The minimum absolute atomic E-state index is 0.284. The molecule has 2 saturated carbocycles. The topological polar surface area (TPSA) is 41.3 Å². The zero-order valence-corrected chi connectivity index (χ0v) is 19.9. The van der Waals surface area contributed by atoms with Crippen molar-refractivity contribution in [3.05, 3.63) is 59.1 Å². The third-order valence-electron chi connectivity index (χ3n) is 7.08. The average molecular weight is 468 g/mol. The lowest BCUT2D eigenvalue weighted by Gasteiger charge is -2.42. The molecule has 168 valence electrons. The zero-order valence-electron chi connectivity index (χ0n) is 18.4. The van der Waals surface area contributed by atoms with Gasteiger partial charge in [0.05, 0.1) is 5.54 Å². The summed E-state index contributed by atoms with van der Waals surface area (Å²) in [6, 6.07) is 17.2. The van der Waals surface area contributed by atoms with E-state index in [1.165, 1.54) is 37.7 Å². The molecule has 0 aliphatic heterocycles. The summed E-state index contributed by atoms with van der Waals surface area (Å²) in [5.74, 6) is 0. The van der Waals surface area contributed by atoms with Crippen LogP contribution in [0.4, 0.5) is 6.01 Å². The Kier molecular flexibility index (Phi) is 6.38. The van der Waals surface area contributed by atoms with E-state index >= 15 is 0 Å². The molecule has 3 aromatic rings. The van der Waals surface area contributed by atoms with Gasteiger partial charge in [-0.15, -0.1) is 0 Å². The molecule has 1 aromatic heterocycles. The fourth-order valence-electron chi connectivity index (χ4n) is 5.30. The predicted octanol–water partition coefficient (Wildman–Crippen LogP) is 7.05. The molecule has 2 aromatic carbocycles. The number of benzene rings is 2. The SMILES string of the molecule is S=C(NC1CCCCC1)C1(N(Cc2ccc(Cl)cc2)c2nc3ccccc3o2)CCCC1. The van der Waals surface area contributed by atoms with Crippen molar-refractivity contribution >= 4 is 45.9 Å². The van der Waals surface area contributed by atoms with Crippen LogP contribution < -0.4 is 10.2 Å². The van der Waals surface area contributed by atoms with E-state index in [-0.39, 0.29) is 5.54 Å². The molecule has 0 unspecified atom stereocenters. The van der Waals surface area contributed by atoms with Gasteiger partial charge in [0, 0.05) is 17.6 Å². The average Bonchev–Trinajstić information content (AvgIpc) is 3.47. The monoisotopic (exact) mass is 467 g/mol. The van der Waals surface area contributed by atoms with Crippen molar-refractivity contribution < 1.29 is 4.42 Å². The number of thiocarbonyl (C=S) groups is 1. The number of aromatic nitrogens is 1. The normalized spacial score (nSPS) is 18.7. The number of nitrogens with one attached hydrogen (secondary N) is 1. The van der Waals surface area contributed by atoms with Gasteiger partial charge >= 0.3 is 0 Å². The Morgan fingerprint density at radius 3 is 2.47 bits per heavy atom. The molecule has 2 aliphatic rings. The van der Waals surface area contributed by atoms with Crippen LogP contribution >= 0.6 is 23.8 Å². The van der Waals surface area contributed by atoms with E-state index in [1.807, 2.05) is 36.4 Å². The number of hydrogen-bond donors (Lipinski definition) is 1. The lowest BCUT2D eigenvalue weighted by molar-refractivity contribution is 0.395. The molecule has 0 spiro atoms. The summed E-state index contributed by atoms with van der Waals surface area (Å²) in [6.07, 6.45) is 10.7. The van der Waals surface area contributed by atoms with Crippen molar-refractivity contribution in [2.24, 2.45) is 0 Å². The summed E-state index contributed by atoms with van der Waals surface area (Å²) >= 11 is 12.3. The highest BCUT2D eigenvalue weighted by Crippen LogP contribution is 2.41. The van der Waals surface area contributed by atoms with Crippen LogP contribution in [0, 0.1) is 0 Å². The molecule has 0 radical (unpaired) electrons. The minimum Gasteiger partial charge on any atom is -0.423 e.